The molecule has 1 aliphatic carbocycles. The average Bonchev–Trinajstić information content (AvgIpc) is 3.69. The molecule has 0 nitrogen and oxygen atoms in total. The van der Waals surface area contributed by atoms with Crippen LogP contribution in [0.1, 0.15) is 25.0 Å². The maximum Gasteiger partial charge on any atom is 0.0402 e. The van der Waals surface area contributed by atoms with Crippen molar-refractivity contribution in [2.24, 2.45) is 0 Å². The molecule has 0 spiro atoms. The topological polar surface area (TPSA) is 0 Å². The molecular formula is C51H34S. The quantitative estimate of drug-likeness (QED) is 0.163. The van der Waals surface area contributed by atoms with Crippen molar-refractivity contribution < 1.29 is 0 Å². The Morgan fingerprint density at radius 2 is 0.942 bits per heavy atom. The highest BCUT2D eigenvalue weighted by Crippen LogP contribution is 2.55. The monoisotopic (exact) mass is 678 g/mol. The summed E-state index contributed by atoms with van der Waals surface area (Å²) in [6.45, 7) is 4.80. The SMILES string of the molecule is CC1(C)c2ccccc2-c2ccc3c(sc4cc(-c5cccc(-c6c7ccccc7c(-c7ccccc7)c7ccccc67)c5)c5ccccc5c43)c21. The van der Waals surface area contributed by atoms with E-state index in [1.165, 1.54) is 108 Å². The summed E-state index contributed by atoms with van der Waals surface area (Å²) in [5.74, 6) is 0. The molecule has 9 aromatic carbocycles. The third kappa shape index (κ3) is 4.09. The normalized spacial score (nSPS) is 13.3. The summed E-state index contributed by atoms with van der Waals surface area (Å²) in [5, 5.41) is 10.5. The fraction of sp³-hybridized carbons (Fsp3) is 0.0588. The second kappa shape index (κ2) is 11.0. The van der Waals surface area contributed by atoms with E-state index in [2.05, 4.69) is 184 Å². The van der Waals surface area contributed by atoms with Crippen molar-refractivity contribution in [3.63, 3.8) is 0 Å². The van der Waals surface area contributed by atoms with Crippen LogP contribution in [0.15, 0.2) is 170 Å². The molecular weight excluding hydrogens is 645 g/mol. The Bertz CT molecular complexity index is 3030. The zero-order valence-corrected chi connectivity index (χ0v) is 29.9. The van der Waals surface area contributed by atoms with E-state index in [1.807, 2.05) is 11.3 Å². The van der Waals surface area contributed by atoms with Gasteiger partial charge in [-0.05, 0) is 100 Å². The number of fused-ring (bicyclic) bond motifs is 11. The van der Waals surface area contributed by atoms with E-state index in [0.29, 0.717) is 0 Å². The fourth-order valence-corrected chi connectivity index (χ4v) is 10.8. The van der Waals surface area contributed by atoms with Gasteiger partial charge in [-0.2, -0.15) is 0 Å². The van der Waals surface area contributed by atoms with Crippen LogP contribution in [0.4, 0.5) is 0 Å². The zero-order chi connectivity index (χ0) is 34.6. The Morgan fingerprint density at radius 1 is 0.385 bits per heavy atom. The van der Waals surface area contributed by atoms with Crippen LogP contribution in [0, 0.1) is 0 Å². The number of thiophene rings is 1. The molecule has 0 bridgehead atoms. The van der Waals surface area contributed by atoms with Crippen molar-refractivity contribution >= 4 is 63.8 Å². The lowest BCUT2D eigenvalue weighted by atomic mass is 9.82. The largest absolute Gasteiger partial charge is 0.135 e. The molecule has 0 aliphatic heterocycles. The molecule has 0 saturated heterocycles. The lowest BCUT2D eigenvalue weighted by molar-refractivity contribution is 0.667. The molecule has 0 N–H and O–H groups in total. The Morgan fingerprint density at radius 3 is 1.65 bits per heavy atom. The first-order valence-corrected chi connectivity index (χ1v) is 19.0. The molecule has 10 aromatic rings. The standard InChI is InChI=1S/C51H34S/c1-51(2)44-26-13-12-20-35(44)41-27-28-42-48-36-21-7-6-19-34(36)43(30-45(48)52-50(42)49(41)51)32-17-14-18-33(29-32)47-39-24-10-8-22-37(39)46(31-15-4-3-5-16-31)38-23-9-11-25-40(38)47/h3-30H,1-2H3. The number of benzene rings is 9. The van der Waals surface area contributed by atoms with Crippen LogP contribution in [0.25, 0.3) is 97.0 Å². The van der Waals surface area contributed by atoms with E-state index < -0.39 is 0 Å². The van der Waals surface area contributed by atoms with Crippen LogP contribution in [0.5, 0.6) is 0 Å². The predicted octanol–water partition coefficient (Wildman–Crippen LogP) is 14.8. The van der Waals surface area contributed by atoms with Crippen molar-refractivity contribution in [1.82, 2.24) is 0 Å². The van der Waals surface area contributed by atoms with Crippen molar-refractivity contribution in [2.75, 3.05) is 0 Å². The Kier molecular flexibility index (Phi) is 6.27. The molecule has 1 aliphatic rings. The van der Waals surface area contributed by atoms with Crippen molar-refractivity contribution in [2.45, 2.75) is 19.3 Å². The van der Waals surface area contributed by atoms with Gasteiger partial charge in [-0.3, -0.25) is 0 Å². The van der Waals surface area contributed by atoms with Gasteiger partial charge in [0.2, 0.25) is 0 Å². The van der Waals surface area contributed by atoms with E-state index in [0.717, 1.165) is 0 Å². The minimum absolute atomic E-state index is 0.0547. The van der Waals surface area contributed by atoms with Crippen LogP contribution in [-0.2, 0) is 5.41 Å². The van der Waals surface area contributed by atoms with Crippen LogP contribution in [-0.4, -0.2) is 0 Å². The minimum Gasteiger partial charge on any atom is -0.135 e. The summed E-state index contributed by atoms with van der Waals surface area (Å²) < 4.78 is 2.76. The molecule has 0 unspecified atom stereocenters. The second-order valence-corrected chi connectivity index (χ2v) is 15.8. The van der Waals surface area contributed by atoms with E-state index in [-0.39, 0.29) is 5.41 Å². The molecule has 1 heterocycles. The van der Waals surface area contributed by atoms with Gasteiger partial charge in [0.05, 0.1) is 0 Å². The Labute approximate surface area is 307 Å². The number of hydrogen-bond acceptors (Lipinski definition) is 1. The first-order valence-electron chi connectivity index (χ1n) is 18.2. The van der Waals surface area contributed by atoms with Crippen molar-refractivity contribution in [3.05, 3.63) is 181 Å². The second-order valence-electron chi connectivity index (χ2n) is 14.8. The Balaban J connectivity index is 1.16. The van der Waals surface area contributed by atoms with Gasteiger partial charge in [0.1, 0.15) is 0 Å². The summed E-state index contributed by atoms with van der Waals surface area (Å²) in [7, 11) is 0. The lowest BCUT2D eigenvalue weighted by Crippen LogP contribution is -2.14. The lowest BCUT2D eigenvalue weighted by Gasteiger charge is -2.22. The number of rotatable bonds is 3. The highest BCUT2D eigenvalue weighted by molar-refractivity contribution is 7.26. The van der Waals surface area contributed by atoms with E-state index >= 15 is 0 Å². The summed E-state index contributed by atoms with van der Waals surface area (Å²) in [6, 6.07) is 63.2. The molecule has 0 amide bonds. The summed E-state index contributed by atoms with van der Waals surface area (Å²) in [4.78, 5) is 0. The van der Waals surface area contributed by atoms with Crippen molar-refractivity contribution in [1.29, 1.82) is 0 Å². The molecule has 1 heteroatoms. The van der Waals surface area contributed by atoms with Crippen LogP contribution in [0.3, 0.4) is 0 Å². The molecule has 52 heavy (non-hydrogen) atoms. The van der Waals surface area contributed by atoms with Crippen LogP contribution >= 0.6 is 11.3 Å². The van der Waals surface area contributed by atoms with Gasteiger partial charge in [-0.25, -0.2) is 0 Å². The molecule has 244 valence electrons. The first kappa shape index (κ1) is 29.7. The van der Waals surface area contributed by atoms with Gasteiger partial charge in [-0.15, -0.1) is 11.3 Å². The average molecular weight is 679 g/mol. The minimum atomic E-state index is -0.0547. The molecule has 0 saturated carbocycles. The smallest absolute Gasteiger partial charge is 0.0402 e. The van der Waals surface area contributed by atoms with E-state index in [1.54, 1.807) is 0 Å². The summed E-state index contributed by atoms with van der Waals surface area (Å²) in [6.07, 6.45) is 0. The molecule has 1 aromatic heterocycles. The maximum atomic E-state index is 2.47. The molecule has 0 fully saturated rings. The van der Waals surface area contributed by atoms with Gasteiger partial charge in [0.15, 0.2) is 0 Å². The van der Waals surface area contributed by atoms with Gasteiger partial charge in [0.25, 0.3) is 0 Å². The number of hydrogen-bond donors (Lipinski definition) is 0. The highest BCUT2D eigenvalue weighted by atomic mass is 32.1. The molecule has 11 rings (SSSR count). The van der Waals surface area contributed by atoms with Gasteiger partial charge >= 0.3 is 0 Å². The van der Waals surface area contributed by atoms with E-state index in [4.69, 9.17) is 0 Å². The van der Waals surface area contributed by atoms with Gasteiger partial charge < -0.3 is 0 Å². The predicted molar refractivity (Wildman–Crippen MR) is 226 cm³/mol. The van der Waals surface area contributed by atoms with Crippen LogP contribution < -0.4 is 0 Å². The fourth-order valence-electron chi connectivity index (χ4n) is 9.38. The first-order chi connectivity index (χ1) is 25.6. The van der Waals surface area contributed by atoms with Gasteiger partial charge in [-0.1, -0.05) is 172 Å². The van der Waals surface area contributed by atoms with Crippen molar-refractivity contribution in [3.8, 4) is 44.5 Å². The summed E-state index contributed by atoms with van der Waals surface area (Å²) in [5.41, 5.74) is 13.2. The maximum absolute atomic E-state index is 2.47. The highest BCUT2D eigenvalue weighted by Gasteiger charge is 2.37. The zero-order valence-electron chi connectivity index (χ0n) is 29.1. The Hall–Kier alpha value is -6.02. The van der Waals surface area contributed by atoms with E-state index in [9.17, 15) is 0 Å². The molecule has 0 radical (unpaired) electrons. The van der Waals surface area contributed by atoms with Crippen LogP contribution in [0.2, 0.25) is 0 Å². The molecule has 0 atom stereocenters. The third-order valence-corrected chi connectivity index (χ3v) is 12.8. The third-order valence-electron chi connectivity index (χ3n) is 11.6. The van der Waals surface area contributed by atoms with Gasteiger partial charge in [0, 0.05) is 25.6 Å². The summed E-state index contributed by atoms with van der Waals surface area (Å²) >= 11 is 1.97.